The Morgan fingerprint density at radius 3 is 0.492 bits per heavy atom. The van der Waals surface area contributed by atoms with Gasteiger partial charge < -0.3 is 61.3 Å². The topological polar surface area (TPSA) is 243 Å². The lowest BCUT2D eigenvalue weighted by atomic mass is 9.59. The molecule has 0 aliphatic rings. The highest BCUT2D eigenvalue weighted by molar-refractivity contribution is 9.12. The summed E-state index contributed by atoms with van der Waals surface area (Å²) in [4.78, 5) is 0. The van der Waals surface area contributed by atoms with Gasteiger partial charge in [-0.1, -0.05) is 197 Å². The lowest BCUT2D eigenvalue weighted by molar-refractivity contribution is 0.357. The van der Waals surface area contributed by atoms with Gasteiger partial charge in [0.15, 0.2) is 23.0 Å². The highest BCUT2D eigenvalue weighted by atomic mass is 79.9. The second kappa shape index (κ2) is 39.1. The van der Waals surface area contributed by atoms with Crippen molar-refractivity contribution in [3.05, 3.63) is 337 Å². The number of phenolic OH excluding ortho intramolecular Hbond substituents is 12. The van der Waals surface area contributed by atoms with Crippen molar-refractivity contribution in [2.24, 2.45) is 0 Å². The molecule has 12 N–H and O–H groups in total. The third-order valence-electron chi connectivity index (χ3n) is 21.8. The van der Waals surface area contributed by atoms with Gasteiger partial charge in [0.2, 0.25) is 0 Å². The fraction of sp³-hybridized carbons (Fsp3) is 0.200. The van der Waals surface area contributed by atoms with Crippen molar-refractivity contribution >= 4 is 220 Å². The smallest absolute Gasteiger partial charge is 0.152 e. The summed E-state index contributed by atoms with van der Waals surface area (Å²) in [6.45, 7) is 16.5. The van der Waals surface area contributed by atoms with Crippen LogP contribution in [0.1, 0.15) is 148 Å². The highest BCUT2D eigenvalue weighted by Gasteiger charge is 2.46. The minimum absolute atomic E-state index is 0.0889. The van der Waals surface area contributed by atoms with Crippen molar-refractivity contribution in [3.8, 4) is 69.0 Å². The van der Waals surface area contributed by atoms with Gasteiger partial charge in [0.05, 0.1) is 76.0 Å². The molecule has 12 nitrogen and oxygen atoms in total. The maximum atomic E-state index is 10.3. The molecule has 0 aliphatic heterocycles. The first-order valence-corrected chi connectivity index (χ1v) is 45.1. The minimum atomic E-state index is -0.867. The second-order valence-electron chi connectivity index (χ2n) is 29.6. The van der Waals surface area contributed by atoms with E-state index in [9.17, 15) is 61.3 Å². The second-order valence-corrected chi connectivity index (χ2v) is 39.7. The quantitative estimate of drug-likeness (QED) is 0.0384. The maximum Gasteiger partial charge on any atom is 0.152 e. The summed E-state index contributed by atoms with van der Waals surface area (Å²) >= 11 is 78.0. The van der Waals surface area contributed by atoms with E-state index < -0.39 is 21.7 Å². The van der Waals surface area contributed by atoms with Gasteiger partial charge in [0.1, 0.15) is 46.0 Å². The van der Waals surface area contributed by atoms with Crippen LogP contribution >= 0.6 is 220 Å². The van der Waals surface area contributed by atoms with Gasteiger partial charge in [-0.15, -0.1) is 0 Å². The molecule has 620 valence electrons. The van der Waals surface area contributed by atoms with E-state index in [1.165, 1.54) is 0 Å². The molecular weight excluding hydrogens is 2200 g/mol. The maximum absolute atomic E-state index is 10.3. The summed E-state index contributed by atoms with van der Waals surface area (Å²) in [6.07, 6.45) is 2.14. The van der Waals surface area contributed by atoms with Gasteiger partial charge in [0.25, 0.3) is 0 Å². The Labute approximate surface area is 792 Å². The van der Waals surface area contributed by atoms with Crippen LogP contribution in [0.3, 0.4) is 0 Å². The van der Waals surface area contributed by atoms with E-state index in [2.05, 4.69) is 169 Å². The number of rotatable bonds is 18. The Bertz CT molecular complexity index is 4870. The van der Waals surface area contributed by atoms with E-state index in [4.69, 9.17) is 92.8 Å². The summed E-state index contributed by atoms with van der Waals surface area (Å²) in [5, 5.41) is 121. The zero-order valence-electron chi connectivity index (χ0n) is 63.7. The third kappa shape index (κ3) is 20.7. The molecule has 0 saturated heterocycles. The zero-order valence-corrected chi connectivity index (χ0v) is 82.5. The highest BCUT2D eigenvalue weighted by Crippen LogP contribution is 2.56. The fourth-order valence-electron chi connectivity index (χ4n) is 14.5. The Hall–Kier alpha value is -5.60. The van der Waals surface area contributed by atoms with Crippen molar-refractivity contribution in [2.45, 2.75) is 114 Å². The lowest BCUT2D eigenvalue weighted by Crippen LogP contribution is -2.38. The summed E-state index contributed by atoms with van der Waals surface area (Å²) in [5.74, 6) is 0.404. The largest absolute Gasteiger partial charge is 0.508 e. The molecule has 28 heteroatoms. The molecule has 12 aromatic carbocycles. The SMILES string of the molecule is CC(C)(c1cc(Br)c(O)c(Br)c1)c1cc(Br)c(O)c(Br)c1.CC(C)(c1cc(Br)c(O)c(Br)c1)c1cc(Br)c(O)c(Br)c1.CCC(CC(C)(c1cc(Cl)c(O)c(Cl)c1)c1cc(Cl)c(O)c(Cl)c1)(c1ccc(O)cc1)c1ccc(O)cc1.CCC(CC(C)(c1cc(Cl)c(O)c(Cl)c1)c1cc(Cl)c(O)c(Cl)c1)(c1ccc(O)cc1)c1ccc(O)cc1. The lowest BCUT2D eigenvalue weighted by Gasteiger charge is -2.43. The summed E-state index contributed by atoms with van der Waals surface area (Å²) in [5.41, 5.74) is 6.98. The van der Waals surface area contributed by atoms with Crippen LogP contribution in [0.4, 0.5) is 0 Å². The zero-order chi connectivity index (χ0) is 87.5. The molecule has 12 aromatic rings. The first-order valence-electron chi connectivity index (χ1n) is 35.8. The van der Waals surface area contributed by atoms with Crippen LogP contribution < -0.4 is 0 Å². The molecule has 0 radical (unpaired) electrons. The van der Waals surface area contributed by atoms with Crippen LogP contribution in [0.5, 0.6) is 69.0 Å². The molecule has 0 aromatic heterocycles. The summed E-state index contributed by atoms with van der Waals surface area (Å²) < 4.78 is 5.09. The van der Waals surface area contributed by atoms with Crippen molar-refractivity contribution in [2.75, 3.05) is 0 Å². The van der Waals surface area contributed by atoms with Crippen LogP contribution in [0.15, 0.2) is 230 Å². The molecule has 0 bridgehead atoms. The van der Waals surface area contributed by atoms with E-state index in [1.807, 2.05) is 111 Å². The predicted octanol–water partition coefficient (Wildman–Crippen LogP) is 31.4. The number of aromatic hydroxyl groups is 12. The van der Waals surface area contributed by atoms with Crippen molar-refractivity contribution in [1.82, 2.24) is 0 Å². The van der Waals surface area contributed by atoms with E-state index in [0.717, 1.165) is 44.5 Å². The summed E-state index contributed by atoms with van der Waals surface area (Å²) in [7, 11) is 0. The van der Waals surface area contributed by atoms with Gasteiger partial charge in [0, 0.05) is 32.5 Å². The molecule has 0 atom stereocenters. The molecule has 0 heterocycles. The van der Waals surface area contributed by atoms with Crippen LogP contribution in [-0.2, 0) is 32.5 Å². The van der Waals surface area contributed by atoms with Crippen molar-refractivity contribution in [1.29, 1.82) is 0 Å². The Balaban J connectivity index is 0.000000186. The molecule has 118 heavy (non-hydrogen) atoms. The van der Waals surface area contributed by atoms with Crippen LogP contribution in [0.2, 0.25) is 40.2 Å². The average Bonchev–Trinajstić information content (AvgIpc) is 0.739. The number of halogens is 16. The molecule has 12 rings (SSSR count). The van der Waals surface area contributed by atoms with E-state index in [0.29, 0.717) is 83.7 Å². The van der Waals surface area contributed by atoms with E-state index >= 15 is 0 Å². The van der Waals surface area contributed by atoms with Gasteiger partial charge in [-0.05, 0) is 365 Å². The normalized spacial score (nSPS) is 11.9. The number of phenols is 12. The van der Waals surface area contributed by atoms with E-state index in [1.54, 1.807) is 97.1 Å². The van der Waals surface area contributed by atoms with Crippen molar-refractivity contribution < 1.29 is 61.3 Å². The van der Waals surface area contributed by atoms with Crippen LogP contribution in [0.25, 0.3) is 0 Å². The third-order valence-corrected chi connectivity index (χ3v) is 28.9. The fourth-order valence-corrected chi connectivity index (χ4v) is 21.1. The molecule has 0 saturated carbocycles. The molecular formula is C90H76Br8Cl8O12. The number of hydrogen-bond acceptors (Lipinski definition) is 12. The standard InChI is InChI=1S/2C30H26Cl4O4.2C15H12Br4O2/c2*1-3-30(17-4-8-21(35)9-5-17,18-6-10-22(36)11-7-18)16-29(2,19-12-23(31)27(37)24(32)13-19)20-14-25(33)28(38)26(34)15-20;2*1-15(2,7-3-9(16)13(20)10(17)4-7)8-5-11(18)14(21)12(19)6-8/h2*4-15,35-38H,3,16H2,1-2H3;2*3-6,20-21H,1-2H3. The summed E-state index contributed by atoms with van der Waals surface area (Å²) in [6, 6.07) is 56.6. The molecule has 0 amide bonds. The van der Waals surface area contributed by atoms with Crippen LogP contribution in [0, 0.1) is 0 Å². The predicted molar refractivity (Wildman–Crippen MR) is 508 cm³/mol. The van der Waals surface area contributed by atoms with Crippen LogP contribution in [-0.4, -0.2) is 61.3 Å². The molecule has 0 spiro atoms. The number of hydrogen-bond donors (Lipinski definition) is 12. The van der Waals surface area contributed by atoms with Gasteiger partial charge >= 0.3 is 0 Å². The molecule has 0 aliphatic carbocycles. The Morgan fingerprint density at radius 2 is 0.356 bits per heavy atom. The minimum Gasteiger partial charge on any atom is -0.508 e. The monoisotopic (exact) mass is 2260 g/mol. The van der Waals surface area contributed by atoms with Crippen molar-refractivity contribution in [3.63, 3.8) is 0 Å². The van der Waals surface area contributed by atoms with Gasteiger partial charge in [-0.3, -0.25) is 0 Å². The molecule has 0 unspecified atom stereocenters. The average molecular weight is 2270 g/mol. The first kappa shape index (κ1) is 96.2. The molecule has 0 fully saturated rings. The Morgan fingerprint density at radius 1 is 0.212 bits per heavy atom. The van der Waals surface area contributed by atoms with Gasteiger partial charge in [-0.2, -0.15) is 0 Å². The number of benzene rings is 12. The van der Waals surface area contributed by atoms with E-state index in [-0.39, 0.29) is 120 Å². The Kier molecular flexibility index (Phi) is 31.9. The van der Waals surface area contributed by atoms with Gasteiger partial charge in [-0.25, -0.2) is 0 Å². The first-order chi connectivity index (χ1) is 55.1.